The van der Waals surface area contributed by atoms with Gasteiger partial charge in [-0.15, -0.1) is 0 Å². The molecular formula is C11H15INO5P. The van der Waals surface area contributed by atoms with Crippen molar-refractivity contribution in [2.24, 2.45) is 0 Å². The number of nitrogens with zero attached hydrogens (tertiary/aromatic N) is 1. The average Bonchev–Trinajstić information content (AvgIpc) is 2.38. The SMILES string of the molecule is CCOP(=O)(OCC)C(I)c1cccc([N+](=O)[O-])c1. The summed E-state index contributed by atoms with van der Waals surface area (Å²) >= 11 is 1.94. The molecule has 0 radical (unpaired) electrons. The van der Waals surface area contributed by atoms with Gasteiger partial charge >= 0.3 is 7.60 Å². The average molecular weight is 399 g/mol. The van der Waals surface area contributed by atoms with Gasteiger partial charge in [-0.25, -0.2) is 0 Å². The maximum Gasteiger partial charge on any atom is 0.347 e. The van der Waals surface area contributed by atoms with Gasteiger partial charge in [0, 0.05) is 12.1 Å². The fraction of sp³-hybridized carbons (Fsp3) is 0.455. The van der Waals surface area contributed by atoms with E-state index in [9.17, 15) is 14.7 Å². The number of alkyl halides is 1. The Labute approximate surface area is 125 Å². The lowest BCUT2D eigenvalue weighted by Crippen LogP contribution is -2.02. The van der Waals surface area contributed by atoms with Crippen molar-refractivity contribution in [3.63, 3.8) is 0 Å². The molecule has 0 N–H and O–H groups in total. The summed E-state index contributed by atoms with van der Waals surface area (Å²) in [4.78, 5) is 10.3. The highest BCUT2D eigenvalue weighted by Crippen LogP contribution is 2.64. The van der Waals surface area contributed by atoms with E-state index < -0.39 is 16.2 Å². The molecule has 0 saturated heterocycles. The molecule has 1 atom stereocenters. The monoisotopic (exact) mass is 399 g/mol. The van der Waals surface area contributed by atoms with Crippen LogP contribution in [-0.2, 0) is 13.6 Å². The van der Waals surface area contributed by atoms with Gasteiger partial charge in [0.15, 0.2) is 0 Å². The summed E-state index contributed by atoms with van der Waals surface area (Å²) in [6.45, 7) is 3.96. The smallest absolute Gasteiger partial charge is 0.308 e. The van der Waals surface area contributed by atoms with Crippen LogP contribution in [0.4, 0.5) is 5.69 Å². The number of benzene rings is 1. The predicted octanol–water partition coefficient (Wildman–Crippen LogP) is 4.29. The Morgan fingerprint density at radius 3 is 2.42 bits per heavy atom. The lowest BCUT2D eigenvalue weighted by Gasteiger charge is -2.22. The summed E-state index contributed by atoms with van der Waals surface area (Å²) in [6.07, 6.45) is 0. The van der Waals surface area contributed by atoms with Crippen LogP contribution in [0.3, 0.4) is 0 Å². The fourth-order valence-electron chi connectivity index (χ4n) is 1.50. The second-order valence-electron chi connectivity index (χ2n) is 3.56. The Kier molecular flexibility index (Phi) is 6.38. The number of nitro groups is 1. The van der Waals surface area contributed by atoms with Crippen LogP contribution in [0.15, 0.2) is 24.3 Å². The Hall–Kier alpha value is -0.500. The molecule has 1 aromatic carbocycles. The standard InChI is InChI=1S/C11H15INO5P/c1-3-17-19(16,18-4-2)11(12)9-6-5-7-10(8-9)13(14)15/h5-8,11H,3-4H2,1-2H3. The molecule has 0 bridgehead atoms. The van der Waals surface area contributed by atoms with E-state index in [0.717, 1.165) is 0 Å². The third-order valence-corrected chi connectivity index (χ3v) is 7.11. The molecule has 0 amide bonds. The molecule has 0 fully saturated rings. The van der Waals surface area contributed by atoms with E-state index in [1.807, 2.05) is 22.6 Å². The summed E-state index contributed by atoms with van der Waals surface area (Å²) in [5.41, 5.74) is 0.513. The number of non-ortho nitro benzene ring substituents is 1. The van der Waals surface area contributed by atoms with Crippen LogP contribution in [0.25, 0.3) is 0 Å². The molecule has 0 heterocycles. The number of hydrogen-bond donors (Lipinski definition) is 0. The van der Waals surface area contributed by atoms with Crippen molar-refractivity contribution < 1.29 is 18.5 Å². The van der Waals surface area contributed by atoms with Crippen molar-refractivity contribution in [1.29, 1.82) is 0 Å². The Balaban J connectivity index is 3.09. The highest BCUT2D eigenvalue weighted by molar-refractivity contribution is 14.1. The first-order valence-electron chi connectivity index (χ1n) is 5.71. The summed E-state index contributed by atoms with van der Waals surface area (Å²) in [7, 11) is -3.32. The molecule has 1 rings (SSSR count). The lowest BCUT2D eigenvalue weighted by molar-refractivity contribution is -0.384. The molecule has 0 aliphatic rings. The zero-order valence-electron chi connectivity index (χ0n) is 10.6. The molecule has 8 heteroatoms. The molecule has 106 valence electrons. The van der Waals surface area contributed by atoms with Crippen LogP contribution < -0.4 is 0 Å². The summed E-state index contributed by atoms with van der Waals surface area (Å²) in [5.74, 6) is 0. The van der Waals surface area contributed by atoms with Gasteiger partial charge in [-0.2, -0.15) is 0 Å². The maximum absolute atomic E-state index is 12.6. The summed E-state index contributed by atoms with van der Waals surface area (Å²) in [6, 6.07) is 6.01. The van der Waals surface area contributed by atoms with Crippen LogP contribution in [0.5, 0.6) is 0 Å². The van der Waals surface area contributed by atoms with Crippen molar-refractivity contribution in [1.82, 2.24) is 0 Å². The van der Waals surface area contributed by atoms with Crippen molar-refractivity contribution in [3.8, 4) is 0 Å². The van der Waals surface area contributed by atoms with E-state index in [0.29, 0.717) is 5.56 Å². The Morgan fingerprint density at radius 2 is 1.95 bits per heavy atom. The molecule has 1 aromatic rings. The van der Waals surface area contributed by atoms with Gasteiger partial charge in [0.1, 0.15) is 3.67 Å². The molecule has 19 heavy (non-hydrogen) atoms. The molecule has 0 aromatic heterocycles. The van der Waals surface area contributed by atoms with Gasteiger partial charge in [0.25, 0.3) is 5.69 Å². The van der Waals surface area contributed by atoms with Crippen LogP contribution >= 0.6 is 30.2 Å². The topological polar surface area (TPSA) is 78.7 Å². The van der Waals surface area contributed by atoms with E-state index in [-0.39, 0.29) is 18.9 Å². The van der Waals surface area contributed by atoms with Crippen LogP contribution in [0, 0.1) is 10.1 Å². The summed E-state index contributed by atoms with van der Waals surface area (Å²) in [5, 5.41) is 10.7. The molecule has 0 aliphatic carbocycles. The van der Waals surface area contributed by atoms with Gasteiger partial charge in [0.2, 0.25) is 0 Å². The highest BCUT2D eigenvalue weighted by atomic mass is 127. The number of rotatable bonds is 7. The quantitative estimate of drug-likeness (QED) is 0.225. The van der Waals surface area contributed by atoms with E-state index in [2.05, 4.69) is 0 Å². The third kappa shape index (κ3) is 4.24. The number of halogens is 1. The minimum Gasteiger partial charge on any atom is -0.308 e. The first kappa shape index (κ1) is 16.6. The molecular weight excluding hydrogens is 384 g/mol. The van der Waals surface area contributed by atoms with Crippen molar-refractivity contribution in [3.05, 3.63) is 39.9 Å². The molecule has 0 saturated carbocycles. The molecule has 0 aliphatic heterocycles. The van der Waals surface area contributed by atoms with Crippen LogP contribution in [0.1, 0.15) is 23.1 Å². The van der Waals surface area contributed by atoms with E-state index in [1.54, 1.807) is 26.0 Å². The van der Waals surface area contributed by atoms with Crippen molar-refractivity contribution in [2.75, 3.05) is 13.2 Å². The lowest BCUT2D eigenvalue weighted by atomic mass is 10.2. The zero-order valence-corrected chi connectivity index (χ0v) is 13.7. The summed E-state index contributed by atoms with van der Waals surface area (Å²) < 4.78 is 22.5. The fourth-order valence-corrected chi connectivity index (χ4v) is 4.43. The van der Waals surface area contributed by atoms with Crippen molar-refractivity contribution >= 4 is 35.9 Å². The molecule has 0 spiro atoms. The highest BCUT2D eigenvalue weighted by Gasteiger charge is 2.35. The minimum absolute atomic E-state index is 0.0429. The van der Waals surface area contributed by atoms with Gasteiger partial charge in [0.05, 0.1) is 18.1 Å². The van der Waals surface area contributed by atoms with Gasteiger partial charge in [-0.1, -0.05) is 34.7 Å². The predicted molar refractivity (Wildman–Crippen MR) is 80.7 cm³/mol. The largest absolute Gasteiger partial charge is 0.347 e. The first-order valence-corrected chi connectivity index (χ1v) is 8.57. The number of nitro benzene ring substituents is 1. The number of hydrogen-bond acceptors (Lipinski definition) is 5. The van der Waals surface area contributed by atoms with Crippen LogP contribution in [0.2, 0.25) is 0 Å². The van der Waals surface area contributed by atoms with Crippen LogP contribution in [-0.4, -0.2) is 18.1 Å². The zero-order chi connectivity index (χ0) is 14.5. The molecule has 6 nitrogen and oxygen atoms in total. The van der Waals surface area contributed by atoms with E-state index in [1.165, 1.54) is 12.1 Å². The van der Waals surface area contributed by atoms with Gasteiger partial charge in [-0.3, -0.25) is 14.7 Å². The maximum atomic E-state index is 12.6. The first-order chi connectivity index (χ1) is 8.94. The second kappa shape index (κ2) is 7.33. The van der Waals surface area contributed by atoms with Gasteiger partial charge < -0.3 is 9.05 Å². The van der Waals surface area contributed by atoms with E-state index >= 15 is 0 Å². The third-order valence-electron chi connectivity index (χ3n) is 2.25. The van der Waals surface area contributed by atoms with Crippen molar-refractivity contribution in [2.45, 2.75) is 17.5 Å². The normalized spacial score (nSPS) is 13.2. The van der Waals surface area contributed by atoms with E-state index in [4.69, 9.17) is 9.05 Å². The Bertz CT molecular complexity index is 486. The second-order valence-corrected chi connectivity index (χ2v) is 7.91. The molecule has 1 unspecified atom stereocenters. The minimum atomic E-state index is -3.32. The van der Waals surface area contributed by atoms with Gasteiger partial charge in [-0.05, 0) is 19.4 Å². The Morgan fingerprint density at radius 1 is 1.37 bits per heavy atom.